The molecule has 4 rings (SSSR count). The summed E-state index contributed by atoms with van der Waals surface area (Å²) in [5.74, 6) is 2.11. The summed E-state index contributed by atoms with van der Waals surface area (Å²) in [6.45, 7) is 5.50. The third-order valence-corrected chi connectivity index (χ3v) is 8.46. The first-order chi connectivity index (χ1) is 10.5. The van der Waals surface area contributed by atoms with Crippen molar-refractivity contribution in [3.05, 3.63) is 11.6 Å². The molecule has 3 fully saturated rings. The van der Waals surface area contributed by atoms with Crippen LogP contribution in [0.3, 0.4) is 0 Å². The van der Waals surface area contributed by atoms with Crippen LogP contribution < -0.4 is 0 Å². The summed E-state index contributed by atoms with van der Waals surface area (Å²) in [7, 11) is 0. The van der Waals surface area contributed by atoms with Crippen LogP contribution in [-0.4, -0.2) is 23.4 Å². The van der Waals surface area contributed by atoms with Crippen molar-refractivity contribution in [2.24, 2.45) is 34.0 Å². The quantitative estimate of drug-likeness (QED) is 0.759. The van der Waals surface area contributed by atoms with Crippen molar-refractivity contribution in [3.8, 4) is 0 Å². The topological polar surface area (TPSA) is 40.5 Å². The molecule has 2 bridgehead atoms. The van der Waals surface area contributed by atoms with Gasteiger partial charge in [0.2, 0.25) is 0 Å². The van der Waals surface area contributed by atoms with Gasteiger partial charge in [0.1, 0.15) is 0 Å². The first kappa shape index (κ1) is 15.2. The Bertz CT molecular complexity index is 498. The maximum atomic E-state index is 10.1. The molecule has 4 aliphatic carbocycles. The van der Waals surface area contributed by atoms with Gasteiger partial charge in [0.25, 0.3) is 0 Å². The Morgan fingerprint density at radius 3 is 2.59 bits per heavy atom. The van der Waals surface area contributed by atoms with Gasteiger partial charge in [-0.3, -0.25) is 0 Å². The molecule has 0 aromatic heterocycles. The summed E-state index contributed by atoms with van der Waals surface area (Å²) in [6, 6.07) is 0. The van der Waals surface area contributed by atoms with Gasteiger partial charge in [0, 0.05) is 6.61 Å². The number of hydrogen-bond donors (Lipinski definition) is 2. The fraction of sp³-hybridized carbons (Fsp3) is 0.900. The molecule has 124 valence electrons. The van der Waals surface area contributed by atoms with Crippen LogP contribution in [0, 0.1) is 34.0 Å². The van der Waals surface area contributed by atoms with E-state index in [1.165, 1.54) is 56.9 Å². The number of rotatable bonds is 2. The zero-order chi connectivity index (χ0) is 15.6. The fourth-order valence-corrected chi connectivity index (χ4v) is 7.55. The highest BCUT2D eigenvalue weighted by molar-refractivity contribution is 5.28. The predicted molar refractivity (Wildman–Crippen MR) is 88.3 cm³/mol. The predicted octanol–water partition coefficient (Wildman–Crippen LogP) is 3.92. The molecule has 4 aliphatic rings. The van der Waals surface area contributed by atoms with Crippen molar-refractivity contribution in [1.82, 2.24) is 0 Å². The molecule has 2 N–H and O–H groups in total. The molecular formula is C20H32O2. The van der Waals surface area contributed by atoms with Crippen LogP contribution in [0.15, 0.2) is 11.6 Å². The summed E-state index contributed by atoms with van der Waals surface area (Å²) in [6.07, 6.45) is 12.8. The summed E-state index contributed by atoms with van der Waals surface area (Å²) < 4.78 is 0. The Balaban J connectivity index is 1.73. The molecule has 3 saturated carbocycles. The third kappa shape index (κ3) is 1.80. The van der Waals surface area contributed by atoms with E-state index in [-0.39, 0.29) is 12.0 Å². The molecule has 0 radical (unpaired) electrons. The van der Waals surface area contributed by atoms with Gasteiger partial charge in [0.05, 0.1) is 6.61 Å². The first-order valence-electron chi connectivity index (χ1n) is 9.41. The minimum atomic E-state index is 0.133. The molecule has 2 nitrogen and oxygen atoms in total. The summed E-state index contributed by atoms with van der Waals surface area (Å²) in [5.41, 5.74) is 2.23. The molecule has 0 unspecified atom stereocenters. The van der Waals surface area contributed by atoms with Crippen molar-refractivity contribution in [3.63, 3.8) is 0 Å². The van der Waals surface area contributed by atoms with E-state index in [0.29, 0.717) is 29.3 Å². The maximum Gasteiger partial charge on any atom is 0.0644 e. The summed E-state index contributed by atoms with van der Waals surface area (Å²) in [4.78, 5) is 0. The Labute approximate surface area is 135 Å². The highest BCUT2D eigenvalue weighted by Crippen LogP contribution is 2.70. The third-order valence-electron chi connectivity index (χ3n) is 8.46. The van der Waals surface area contributed by atoms with E-state index in [1.54, 1.807) is 0 Å². The number of aliphatic hydroxyl groups excluding tert-OH is 2. The van der Waals surface area contributed by atoms with Gasteiger partial charge in [-0.25, -0.2) is 0 Å². The Morgan fingerprint density at radius 2 is 1.86 bits per heavy atom. The first-order valence-corrected chi connectivity index (χ1v) is 9.41. The monoisotopic (exact) mass is 304 g/mol. The van der Waals surface area contributed by atoms with Crippen LogP contribution in [-0.2, 0) is 0 Å². The molecule has 0 aliphatic heterocycles. The average molecular weight is 304 g/mol. The molecule has 1 spiro atoms. The molecule has 0 aromatic carbocycles. The van der Waals surface area contributed by atoms with Crippen molar-refractivity contribution in [1.29, 1.82) is 0 Å². The molecule has 2 heteroatoms. The van der Waals surface area contributed by atoms with Gasteiger partial charge < -0.3 is 10.2 Å². The SMILES string of the molecule is C[C@@]1(CO)CCC[C@]2(C)[C@@H]1CC[C@]13C=C(CO)[C@H](CC[C@H]12)C3. The van der Waals surface area contributed by atoms with Crippen molar-refractivity contribution < 1.29 is 10.2 Å². The Hall–Kier alpha value is -0.340. The van der Waals surface area contributed by atoms with E-state index in [1.807, 2.05) is 0 Å². The molecule has 0 aromatic rings. The number of fused-ring (bicyclic) bond motifs is 3. The lowest BCUT2D eigenvalue weighted by atomic mass is 9.41. The van der Waals surface area contributed by atoms with Gasteiger partial charge >= 0.3 is 0 Å². The summed E-state index contributed by atoms with van der Waals surface area (Å²) in [5, 5.41) is 19.8. The minimum Gasteiger partial charge on any atom is -0.396 e. The van der Waals surface area contributed by atoms with E-state index < -0.39 is 0 Å². The standard InChI is InChI=1S/C20H32O2/c1-18(13-22)7-3-8-19(2)16(18)6-9-20-10-14(4-5-17(19)20)15(11-20)12-21/h11,14,16-17,21-22H,3-10,12-13H2,1-2H3/t14-,16-,17+,18+,19-,20+/m1/s1. The zero-order valence-corrected chi connectivity index (χ0v) is 14.3. The highest BCUT2D eigenvalue weighted by Gasteiger charge is 2.62. The fourth-order valence-electron chi connectivity index (χ4n) is 7.55. The van der Waals surface area contributed by atoms with Crippen molar-refractivity contribution in [2.75, 3.05) is 13.2 Å². The summed E-state index contributed by atoms with van der Waals surface area (Å²) >= 11 is 0. The van der Waals surface area contributed by atoms with Crippen molar-refractivity contribution in [2.45, 2.75) is 65.2 Å². The highest BCUT2D eigenvalue weighted by atomic mass is 16.3. The van der Waals surface area contributed by atoms with Crippen molar-refractivity contribution >= 4 is 0 Å². The van der Waals surface area contributed by atoms with Crippen LogP contribution >= 0.6 is 0 Å². The second kappa shape index (κ2) is 4.83. The van der Waals surface area contributed by atoms with E-state index in [2.05, 4.69) is 19.9 Å². The molecule has 6 atom stereocenters. The Morgan fingerprint density at radius 1 is 1.05 bits per heavy atom. The van der Waals surface area contributed by atoms with Gasteiger partial charge in [-0.2, -0.15) is 0 Å². The number of hydrogen-bond acceptors (Lipinski definition) is 2. The second-order valence-corrected chi connectivity index (χ2v) is 9.40. The van der Waals surface area contributed by atoms with E-state index in [9.17, 15) is 10.2 Å². The van der Waals surface area contributed by atoms with Crippen LogP contribution in [0.1, 0.15) is 65.2 Å². The van der Waals surface area contributed by atoms with Crippen LogP contribution in [0.4, 0.5) is 0 Å². The average Bonchev–Trinajstić information content (AvgIpc) is 2.77. The van der Waals surface area contributed by atoms with Gasteiger partial charge in [-0.05, 0) is 84.5 Å². The molecular weight excluding hydrogens is 272 g/mol. The lowest BCUT2D eigenvalue weighted by Crippen LogP contribution is -2.57. The van der Waals surface area contributed by atoms with Crippen LogP contribution in [0.25, 0.3) is 0 Å². The minimum absolute atomic E-state index is 0.133. The molecule has 0 amide bonds. The molecule has 0 saturated heterocycles. The lowest BCUT2D eigenvalue weighted by Gasteiger charge is -2.64. The molecule has 22 heavy (non-hydrogen) atoms. The van der Waals surface area contributed by atoms with Gasteiger partial charge in [0.15, 0.2) is 0 Å². The van der Waals surface area contributed by atoms with Gasteiger partial charge in [-0.1, -0.05) is 26.3 Å². The number of allylic oxidation sites excluding steroid dienone is 1. The Kier molecular flexibility index (Phi) is 3.34. The second-order valence-electron chi connectivity index (χ2n) is 9.40. The largest absolute Gasteiger partial charge is 0.396 e. The van der Waals surface area contributed by atoms with Crippen LogP contribution in [0.5, 0.6) is 0 Å². The normalized spacial score (nSPS) is 53.6. The van der Waals surface area contributed by atoms with Gasteiger partial charge in [-0.15, -0.1) is 0 Å². The zero-order valence-electron chi connectivity index (χ0n) is 14.3. The van der Waals surface area contributed by atoms with Crippen LogP contribution in [0.2, 0.25) is 0 Å². The van der Waals surface area contributed by atoms with E-state index in [4.69, 9.17) is 0 Å². The lowest BCUT2D eigenvalue weighted by molar-refractivity contribution is -0.149. The van der Waals surface area contributed by atoms with E-state index >= 15 is 0 Å². The smallest absolute Gasteiger partial charge is 0.0644 e. The number of aliphatic hydroxyl groups is 2. The maximum absolute atomic E-state index is 10.1. The molecule has 0 heterocycles. The van der Waals surface area contributed by atoms with E-state index in [0.717, 1.165) is 5.92 Å².